The van der Waals surface area contributed by atoms with Gasteiger partial charge in [0.1, 0.15) is 17.7 Å². The molecule has 2 heterocycles. The van der Waals surface area contributed by atoms with Gasteiger partial charge in [0.25, 0.3) is 11.8 Å². The van der Waals surface area contributed by atoms with E-state index in [9.17, 15) is 38.3 Å². The molecule has 0 aliphatic carbocycles. The number of carbonyl (C=O) groups is 3. The van der Waals surface area contributed by atoms with Crippen LogP contribution in [-0.4, -0.2) is 59.8 Å². The van der Waals surface area contributed by atoms with E-state index in [0.29, 0.717) is 17.5 Å². The molecule has 4 rings (SSSR count). The van der Waals surface area contributed by atoms with Crippen molar-refractivity contribution in [3.8, 4) is 0 Å². The van der Waals surface area contributed by atoms with Crippen LogP contribution in [0.2, 0.25) is 0 Å². The number of halogens is 2. The van der Waals surface area contributed by atoms with Crippen LogP contribution in [0.3, 0.4) is 0 Å². The highest BCUT2D eigenvalue weighted by molar-refractivity contribution is 6.62. The van der Waals surface area contributed by atoms with Crippen LogP contribution in [0.25, 0.3) is 0 Å². The van der Waals surface area contributed by atoms with Gasteiger partial charge >= 0.3 is 20.2 Å². The maximum Gasteiger partial charge on any atom is 0.491 e. The highest BCUT2D eigenvalue weighted by Crippen LogP contribution is 2.17. The Bertz CT molecular complexity index is 1220. The fraction of sp³-hybridized carbons (Fsp3) is 0.318. The second-order valence-electron chi connectivity index (χ2n) is 8.50. The van der Waals surface area contributed by atoms with Crippen molar-refractivity contribution in [2.75, 3.05) is 6.54 Å². The number of carbonyl (C=O) groups excluding carboxylic acids is 2. The summed E-state index contributed by atoms with van der Waals surface area (Å²) in [6.07, 6.45) is 0.632. The molecule has 2 aromatic rings. The first-order chi connectivity index (χ1) is 17.2. The second-order valence-corrected chi connectivity index (χ2v) is 8.50. The number of nitrogens with one attached hydrogen (secondary N) is 2. The summed E-state index contributed by atoms with van der Waals surface area (Å²) in [5.41, 5.74) is 0.872. The van der Waals surface area contributed by atoms with Crippen molar-refractivity contribution < 1.29 is 47.6 Å². The van der Waals surface area contributed by atoms with Crippen LogP contribution < -0.4 is 21.6 Å². The number of carboxylic acid groups (broad SMARTS) is 1. The van der Waals surface area contributed by atoms with Crippen LogP contribution in [0.1, 0.15) is 51.1 Å². The minimum Gasteiger partial charge on any atom is -0.480 e. The summed E-state index contributed by atoms with van der Waals surface area (Å²) >= 11 is 0. The summed E-state index contributed by atoms with van der Waals surface area (Å²) in [7, 11) is -2.50. The Balaban J connectivity index is 1.27. The van der Waals surface area contributed by atoms with Crippen LogP contribution in [0, 0.1) is 11.6 Å². The quantitative estimate of drug-likeness (QED) is 0.220. The van der Waals surface area contributed by atoms with Gasteiger partial charge in [-0.25, -0.2) is 13.6 Å². The predicted octanol–water partition coefficient (Wildman–Crippen LogP) is -0.816. The molecule has 188 valence electrons. The summed E-state index contributed by atoms with van der Waals surface area (Å²) in [6, 6.07) is 3.27. The van der Waals surface area contributed by atoms with E-state index >= 15 is 0 Å². The van der Waals surface area contributed by atoms with Gasteiger partial charge in [-0.1, -0.05) is 0 Å². The Morgan fingerprint density at radius 1 is 0.889 bits per heavy atom. The van der Waals surface area contributed by atoms with Gasteiger partial charge in [-0.3, -0.25) is 9.59 Å². The third kappa shape index (κ3) is 5.41. The Hall–Kier alpha value is -3.32. The monoisotopic (exact) mass is 502 g/mol. The number of benzene rings is 2. The zero-order chi connectivity index (χ0) is 26.0. The number of unbranched alkanes of at least 4 members (excludes halogenated alkanes) is 1. The van der Waals surface area contributed by atoms with E-state index in [1.165, 1.54) is 12.1 Å². The minimum atomic E-state index is -1.31. The molecule has 0 bridgehead atoms. The lowest BCUT2D eigenvalue weighted by Gasteiger charge is -2.15. The average Bonchev–Trinajstić information content (AvgIpc) is 3.38. The summed E-state index contributed by atoms with van der Waals surface area (Å²) < 4.78 is 38.6. The van der Waals surface area contributed by atoms with Crippen molar-refractivity contribution in [3.05, 3.63) is 58.2 Å². The van der Waals surface area contributed by atoms with Crippen molar-refractivity contribution in [1.82, 2.24) is 10.6 Å². The van der Waals surface area contributed by atoms with Crippen LogP contribution >= 0.6 is 0 Å². The van der Waals surface area contributed by atoms with E-state index in [4.69, 9.17) is 9.31 Å². The molecule has 0 radical (unpaired) electrons. The molecule has 0 aromatic heterocycles. The maximum absolute atomic E-state index is 14.3. The summed E-state index contributed by atoms with van der Waals surface area (Å²) in [6.45, 7) is 0.178. The lowest BCUT2D eigenvalue weighted by Crippen LogP contribution is -2.41. The van der Waals surface area contributed by atoms with Gasteiger partial charge < -0.3 is 35.1 Å². The summed E-state index contributed by atoms with van der Waals surface area (Å²) in [5, 5.41) is 33.5. The first-order valence-electron chi connectivity index (χ1n) is 11.2. The van der Waals surface area contributed by atoms with E-state index in [0.717, 1.165) is 12.1 Å². The largest absolute Gasteiger partial charge is 0.491 e. The number of fused-ring (bicyclic) bond motifs is 2. The average molecular weight is 502 g/mol. The lowest BCUT2D eigenvalue weighted by molar-refractivity contribution is -0.139. The van der Waals surface area contributed by atoms with Gasteiger partial charge in [-0.05, 0) is 65.6 Å². The fourth-order valence-electron chi connectivity index (χ4n) is 4.11. The number of aliphatic carboxylic acids is 1. The van der Waals surface area contributed by atoms with Crippen molar-refractivity contribution in [2.45, 2.75) is 38.5 Å². The van der Waals surface area contributed by atoms with Crippen LogP contribution in [0.5, 0.6) is 0 Å². The molecule has 0 saturated carbocycles. The zero-order valence-electron chi connectivity index (χ0n) is 18.9. The van der Waals surface area contributed by atoms with Gasteiger partial charge in [0, 0.05) is 6.54 Å². The molecule has 2 amide bonds. The van der Waals surface area contributed by atoms with E-state index < -0.39 is 49.7 Å². The molecule has 0 saturated heterocycles. The predicted molar refractivity (Wildman–Crippen MR) is 123 cm³/mol. The molecular weight excluding hydrogens is 480 g/mol. The number of hydrogen-bond acceptors (Lipinski definition) is 7. The number of rotatable bonds is 9. The van der Waals surface area contributed by atoms with Crippen LogP contribution in [0.15, 0.2) is 24.3 Å². The topological polar surface area (TPSA) is 154 Å². The van der Waals surface area contributed by atoms with Crippen molar-refractivity contribution >= 4 is 42.9 Å². The summed E-state index contributed by atoms with van der Waals surface area (Å²) in [5.74, 6) is -4.61. The standard InChI is InChI=1S/C22H22B2F2N2O8/c25-17-7-15-11(9-35-23(15)33)5-13(17)20(29)27-4-2-1-3-19(22(31)32)28-21(30)14-6-12-10-36-24(34)16(12)8-18(14)26/h5-8,19,33-34H,1-4,9-10H2,(H,27,29)(H,28,30)(H,31,32)/t19-/m0/s1. The molecule has 0 unspecified atom stereocenters. The second kappa shape index (κ2) is 10.7. The maximum atomic E-state index is 14.3. The zero-order valence-corrected chi connectivity index (χ0v) is 18.9. The first-order valence-corrected chi connectivity index (χ1v) is 11.2. The van der Waals surface area contributed by atoms with Gasteiger partial charge in [0.15, 0.2) is 0 Å². The fourth-order valence-corrected chi connectivity index (χ4v) is 4.11. The Morgan fingerprint density at radius 3 is 1.94 bits per heavy atom. The third-order valence-electron chi connectivity index (χ3n) is 6.08. The first kappa shape index (κ1) is 25.8. The molecule has 10 nitrogen and oxygen atoms in total. The van der Waals surface area contributed by atoms with E-state index in [-0.39, 0.29) is 54.7 Å². The molecule has 2 aliphatic rings. The molecular formula is C22H22B2F2N2O8. The lowest BCUT2D eigenvalue weighted by atomic mass is 9.79. The highest BCUT2D eigenvalue weighted by Gasteiger charge is 2.31. The van der Waals surface area contributed by atoms with Crippen LogP contribution in [-0.2, 0) is 27.3 Å². The molecule has 14 heteroatoms. The molecule has 5 N–H and O–H groups in total. The van der Waals surface area contributed by atoms with E-state index in [2.05, 4.69) is 10.6 Å². The normalized spacial score (nSPS) is 14.9. The van der Waals surface area contributed by atoms with Gasteiger partial charge in [0.2, 0.25) is 0 Å². The Morgan fingerprint density at radius 2 is 1.42 bits per heavy atom. The molecule has 2 aliphatic heterocycles. The van der Waals surface area contributed by atoms with Crippen molar-refractivity contribution in [3.63, 3.8) is 0 Å². The van der Waals surface area contributed by atoms with Crippen molar-refractivity contribution in [1.29, 1.82) is 0 Å². The molecule has 0 spiro atoms. The molecule has 2 aromatic carbocycles. The van der Waals surface area contributed by atoms with Gasteiger partial charge in [-0.2, -0.15) is 0 Å². The number of hydrogen-bond donors (Lipinski definition) is 5. The minimum absolute atomic E-state index is 0.00374. The highest BCUT2D eigenvalue weighted by atomic mass is 19.1. The molecule has 0 fully saturated rings. The number of carboxylic acids is 1. The van der Waals surface area contributed by atoms with E-state index in [1.807, 2.05) is 0 Å². The SMILES string of the molecule is O=C(NCCCC[C@H](NC(=O)c1cc2c(cc1F)B(O)OC2)C(=O)O)c1cc2c(cc1F)B(O)OC2. The summed E-state index contributed by atoms with van der Waals surface area (Å²) in [4.78, 5) is 36.4. The van der Waals surface area contributed by atoms with Crippen molar-refractivity contribution in [2.24, 2.45) is 0 Å². The van der Waals surface area contributed by atoms with Gasteiger partial charge in [-0.15, -0.1) is 0 Å². The van der Waals surface area contributed by atoms with Gasteiger partial charge in [0.05, 0.1) is 24.3 Å². The van der Waals surface area contributed by atoms with Crippen LogP contribution in [0.4, 0.5) is 8.78 Å². The smallest absolute Gasteiger partial charge is 0.480 e. The van der Waals surface area contributed by atoms with E-state index in [1.54, 1.807) is 0 Å². The third-order valence-corrected chi connectivity index (χ3v) is 6.08. The molecule has 1 atom stereocenters. The number of amides is 2. The Labute approximate surface area is 204 Å². The molecule has 36 heavy (non-hydrogen) atoms. The Kier molecular flexibility index (Phi) is 7.69.